The predicted molar refractivity (Wildman–Crippen MR) is 52.1 cm³/mol. The number of pyridine rings is 1. The molecule has 1 rings (SSSR count). The third-order valence-corrected chi connectivity index (χ3v) is 1.87. The van der Waals surface area contributed by atoms with Gasteiger partial charge in [-0.1, -0.05) is 20.8 Å². The Balaban J connectivity index is 2.83. The van der Waals surface area contributed by atoms with Crippen molar-refractivity contribution in [2.45, 2.75) is 34.1 Å². The van der Waals surface area contributed by atoms with Crippen LogP contribution in [-0.2, 0) is 6.42 Å². The summed E-state index contributed by atoms with van der Waals surface area (Å²) in [6, 6.07) is 2.07. The number of nitrogens with zero attached hydrogens (tertiary/aromatic N) is 1. The Kier molecular flexibility index (Phi) is 2.51. The fourth-order valence-corrected chi connectivity index (χ4v) is 1.25. The van der Waals surface area contributed by atoms with Gasteiger partial charge in [0.2, 0.25) is 0 Å². The fraction of sp³-hybridized carbons (Fsp3) is 0.545. The lowest BCUT2D eigenvalue weighted by molar-refractivity contribution is 0.410. The first kappa shape index (κ1) is 9.24. The molecular formula is C11H17N. The summed E-state index contributed by atoms with van der Waals surface area (Å²) in [5.41, 5.74) is 3.07. The van der Waals surface area contributed by atoms with Gasteiger partial charge in [0.15, 0.2) is 0 Å². The average molecular weight is 163 g/mol. The predicted octanol–water partition coefficient (Wildman–Crippen LogP) is 2.98. The van der Waals surface area contributed by atoms with Crippen LogP contribution >= 0.6 is 0 Å². The Bertz CT molecular complexity index is 258. The third kappa shape index (κ3) is 2.65. The summed E-state index contributed by atoms with van der Waals surface area (Å²) in [5.74, 6) is 0. The highest BCUT2D eigenvalue weighted by atomic mass is 14.6. The zero-order valence-corrected chi connectivity index (χ0v) is 8.39. The summed E-state index contributed by atoms with van der Waals surface area (Å²) in [6.07, 6.45) is 4.93. The van der Waals surface area contributed by atoms with Gasteiger partial charge >= 0.3 is 0 Å². The van der Waals surface area contributed by atoms with Gasteiger partial charge in [-0.2, -0.15) is 0 Å². The molecule has 0 radical (unpaired) electrons. The van der Waals surface area contributed by atoms with Crippen molar-refractivity contribution in [3.63, 3.8) is 0 Å². The van der Waals surface area contributed by atoms with Gasteiger partial charge in [-0.05, 0) is 36.0 Å². The van der Waals surface area contributed by atoms with Gasteiger partial charge in [0.1, 0.15) is 0 Å². The lowest BCUT2D eigenvalue weighted by Gasteiger charge is -2.18. The molecule has 1 aromatic rings. The molecule has 0 saturated carbocycles. The molecule has 0 unspecified atom stereocenters. The number of hydrogen-bond donors (Lipinski definition) is 0. The molecule has 0 aliphatic heterocycles. The summed E-state index contributed by atoms with van der Waals surface area (Å²) in [5, 5.41) is 0. The zero-order chi connectivity index (χ0) is 9.19. The molecule has 0 saturated heterocycles. The molecule has 1 heteroatoms. The number of aromatic nitrogens is 1. The number of hydrogen-bond acceptors (Lipinski definition) is 1. The summed E-state index contributed by atoms with van der Waals surface area (Å²) in [7, 11) is 0. The molecule has 66 valence electrons. The Labute approximate surface area is 74.8 Å². The van der Waals surface area contributed by atoms with E-state index in [0.717, 1.165) is 6.42 Å². The van der Waals surface area contributed by atoms with E-state index in [0.29, 0.717) is 5.41 Å². The average Bonchev–Trinajstić information content (AvgIpc) is 1.91. The van der Waals surface area contributed by atoms with E-state index in [1.807, 2.05) is 12.4 Å². The molecule has 0 atom stereocenters. The fourth-order valence-electron chi connectivity index (χ4n) is 1.25. The molecule has 0 spiro atoms. The first-order valence-electron chi connectivity index (χ1n) is 4.38. The van der Waals surface area contributed by atoms with Crippen LogP contribution < -0.4 is 0 Å². The summed E-state index contributed by atoms with van der Waals surface area (Å²) in [4.78, 5) is 4.13. The van der Waals surface area contributed by atoms with Crippen molar-refractivity contribution in [3.8, 4) is 0 Å². The molecule has 1 nitrogen and oxygen atoms in total. The minimum absolute atomic E-state index is 0.355. The van der Waals surface area contributed by atoms with E-state index in [-0.39, 0.29) is 0 Å². The van der Waals surface area contributed by atoms with Crippen molar-refractivity contribution in [3.05, 3.63) is 29.6 Å². The Morgan fingerprint density at radius 3 is 2.50 bits per heavy atom. The summed E-state index contributed by atoms with van der Waals surface area (Å²) < 4.78 is 0. The van der Waals surface area contributed by atoms with Gasteiger partial charge in [0.05, 0.1) is 0 Å². The molecule has 0 aromatic carbocycles. The van der Waals surface area contributed by atoms with Gasteiger partial charge in [-0.3, -0.25) is 4.98 Å². The molecule has 1 aromatic heterocycles. The highest BCUT2D eigenvalue weighted by Gasteiger charge is 2.12. The van der Waals surface area contributed by atoms with Crippen LogP contribution in [0.1, 0.15) is 31.9 Å². The van der Waals surface area contributed by atoms with Crippen LogP contribution in [0.5, 0.6) is 0 Å². The van der Waals surface area contributed by atoms with Crippen molar-refractivity contribution >= 4 is 0 Å². The zero-order valence-electron chi connectivity index (χ0n) is 8.39. The summed E-state index contributed by atoms with van der Waals surface area (Å²) >= 11 is 0. The molecule has 1 heterocycles. The maximum Gasteiger partial charge on any atom is 0.0302 e. The number of rotatable bonds is 1. The molecule has 12 heavy (non-hydrogen) atoms. The minimum atomic E-state index is 0.355. The monoisotopic (exact) mass is 163 g/mol. The van der Waals surface area contributed by atoms with Gasteiger partial charge in [-0.25, -0.2) is 0 Å². The molecule has 0 aliphatic carbocycles. The van der Waals surface area contributed by atoms with Gasteiger partial charge in [-0.15, -0.1) is 0 Å². The SMILES string of the molecule is Cc1ccncc1CC(C)(C)C. The Morgan fingerprint density at radius 2 is 2.00 bits per heavy atom. The summed E-state index contributed by atoms with van der Waals surface area (Å²) in [6.45, 7) is 8.89. The van der Waals surface area contributed by atoms with Gasteiger partial charge in [0, 0.05) is 12.4 Å². The highest BCUT2D eigenvalue weighted by Crippen LogP contribution is 2.21. The molecule has 0 bridgehead atoms. The highest BCUT2D eigenvalue weighted by molar-refractivity contribution is 5.22. The Morgan fingerprint density at radius 1 is 1.33 bits per heavy atom. The van der Waals surface area contributed by atoms with E-state index in [2.05, 4.69) is 38.7 Å². The lowest BCUT2D eigenvalue weighted by Crippen LogP contribution is -2.10. The molecule has 0 fully saturated rings. The molecule has 0 amide bonds. The molecule has 0 aliphatic rings. The Hall–Kier alpha value is -0.850. The quantitative estimate of drug-likeness (QED) is 0.620. The van der Waals surface area contributed by atoms with Crippen LogP contribution in [-0.4, -0.2) is 4.98 Å². The van der Waals surface area contributed by atoms with Crippen molar-refractivity contribution in [2.75, 3.05) is 0 Å². The van der Waals surface area contributed by atoms with E-state index >= 15 is 0 Å². The van der Waals surface area contributed by atoms with Crippen LogP contribution in [0.25, 0.3) is 0 Å². The standard InChI is InChI=1S/C11H17N/c1-9-5-6-12-8-10(9)7-11(2,3)4/h5-6,8H,7H2,1-4H3. The van der Waals surface area contributed by atoms with Crippen molar-refractivity contribution in [1.82, 2.24) is 4.98 Å². The topological polar surface area (TPSA) is 12.9 Å². The van der Waals surface area contributed by atoms with Crippen LogP contribution in [0.15, 0.2) is 18.5 Å². The van der Waals surface area contributed by atoms with Crippen molar-refractivity contribution in [1.29, 1.82) is 0 Å². The second kappa shape index (κ2) is 3.26. The maximum absolute atomic E-state index is 4.13. The van der Waals surface area contributed by atoms with E-state index < -0.39 is 0 Å². The normalized spacial score (nSPS) is 11.7. The number of aryl methyl sites for hydroxylation is 1. The first-order valence-corrected chi connectivity index (χ1v) is 4.38. The van der Waals surface area contributed by atoms with Crippen molar-refractivity contribution in [2.24, 2.45) is 5.41 Å². The van der Waals surface area contributed by atoms with Gasteiger partial charge in [0.25, 0.3) is 0 Å². The molecule has 0 N–H and O–H groups in total. The largest absolute Gasteiger partial charge is 0.264 e. The van der Waals surface area contributed by atoms with E-state index in [1.165, 1.54) is 11.1 Å². The second-order valence-corrected chi connectivity index (χ2v) is 4.54. The van der Waals surface area contributed by atoms with Crippen LogP contribution in [0.3, 0.4) is 0 Å². The second-order valence-electron chi connectivity index (χ2n) is 4.54. The van der Waals surface area contributed by atoms with Gasteiger partial charge < -0.3 is 0 Å². The minimum Gasteiger partial charge on any atom is -0.264 e. The van der Waals surface area contributed by atoms with Crippen LogP contribution in [0.4, 0.5) is 0 Å². The third-order valence-electron chi connectivity index (χ3n) is 1.87. The van der Waals surface area contributed by atoms with Crippen LogP contribution in [0.2, 0.25) is 0 Å². The molecular weight excluding hydrogens is 146 g/mol. The van der Waals surface area contributed by atoms with Crippen LogP contribution in [0, 0.1) is 12.3 Å². The van der Waals surface area contributed by atoms with E-state index in [4.69, 9.17) is 0 Å². The van der Waals surface area contributed by atoms with Crippen molar-refractivity contribution < 1.29 is 0 Å². The maximum atomic E-state index is 4.13. The first-order chi connectivity index (χ1) is 5.49. The van der Waals surface area contributed by atoms with E-state index in [1.54, 1.807) is 0 Å². The van der Waals surface area contributed by atoms with E-state index in [9.17, 15) is 0 Å². The smallest absolute Gasteiger partial charge is 0.0302 e. The lowest BCUT2D eigenvalue weighted by atomic mass is 9.87.